The monoisotopic (exact) mass is 434 g/mol. The van der Waals surface area contributed by atoms with Crippen LogP contribution >= 0.6 is 11.6 Å². The number of aliphatic hydroxyl groups is 2. The van der Waals surface area contributed by atoms with Crippen molar-refractivity contribution in [3.8, 4) is 5.75 Å². The van der Waals surface area contributed by atoms with Gasteiger partial charge in [-0.3, -0.25) is 0 Å². The van der Waals surface area contributed by atoms with Gasteiger partial charge in [-0.15, -0.1) is 0 Å². The molecule has 0 aromatic heterocycles. The first-order chi connectivity index (χ1) is 14.3. The smallest absolute Gasteiger partial charge is 0.190 e. The Hall–Kier alpha value is -1.67. The van der Waals surface area contributed by atoms with Gasteiger partial charge in [0.15, 0.2) is 12.1 Å². The first kappa shape index (κ1) is 21.6. The zero-order chi connectivity index (χ0) is 21.5. The van der Waals surface area contributed by atoms with Gasteiger partial charge in [-0.2, -0.15) is 0 Å². The van der Waals surface area contributed by atoms with Gasteiger partial charge in [-0.25, -0.2) is 0 Å². The van der Waals surface area contributed by atoms with Crippen LogP contribution in [0.2, 0.25) is 5.02 Å². The fourth-order valence-electron chi connectivity index (χ4n) is 3.97. The number of halogens is 1. The third-order valence-corrected chi connectivity index (χ3v) is 5.77. The van der Waals surface area contributed by atoms with E-state index in [-0.39, 0.29) is 0 Å². The molecule has 2 aromatic carbocycles. The molecule has 2 heterocycles. The normalized spacial score (nSPS) is 28.3. The lowest BCUT2D eigenvalue weighted by Gasteiger charge is -2.26. The lowest BCUT2D eigenvalue weighted by molar-refractivity contribution is -0.226. The predicted molar refractivity (Wildman–Crippen MR) is 112 cm³/mol. The van der Waals surface area contributed by atoms with Crippen molar-refractivity contribution in [2.45, 2.75) is 63.7 Å². The molecular weight excluding hydrogens is 408 g/mol. The summed E-state index contributed by atoms with van der Waals surface area (Å²) < 4.78 is 22.6. The van der Waals surface area contributed by atoms with Crippen LogP contribution in [0.5, 0.6) is 5.75 Å². The molecule has 6 nitrogen and oxygen atoms in total. The largest absolute Gasteiger partial charge is 0.494 e. The Bertz CT molecular complexity index is 884. The van der Waals surface area contributed by atoms with Crippen molar-refractivity contribution in [2.75, 3.05) is 6.61 Å². The minimum absolute atomic E-state index is 0.603. The zero-order valence-corrected chi connectivity index (χ0v) is 18.0. The van der Waals surface area contributed by atoms with Crippen molar-refractivity contribution in [2.24, 2.45) is 0 Å². The molecule has 0 bridgehead atoms. The van der Waals surface area contributed by atoms with E-state index in [1.165, 1.54) is 0 Å². The van der Waals surface area contributed by atoms with E-state index in [0.717, 1.165) is 16.9 Å². The van der Waals surface area contributed by atoms with Crippen LogP contribution in [0.15, 0.2) is 42.5 Å². The van der Waals surface area contributed by atoms with Crippen molar-refractivity contribution < 1.29 is 29.2 Å². The third-order valence-electron chi connectivity index (χ3n) is 5.40. The molecule has 2 aliphatic heterocycles. The van der Waals surface area contributed by atoms with Gasteiger partial charge >= 0.3 is 0 Å². The molecule has 2 saturated heterocycles. The topological polar surface area (TPSA) is 77.4 Å². The molecule has 30 heavy (non-hydrogen) atoms. The molecule has 0 unspecified atom stereocenters. The summed E-state index contributed by atoms with van der Waals surface area (Å²) in [7, 11) is 0. The van der Waals surface area contributed by atoms with Gasteiger partial charge in [-0.1, -0.05) is 35.9 Å². The average Bonchev–Trinajstić information content (AvgIpc) is 3.17. The van der Waals surface area contributed by atoms with E-state index in [1.807, 2.05) is 37.3 Å². The van der Waals surface area contributed by atoms with E-state index in [0.29, 0.717) is 23.6 Å². The van der Waals surface area contributed by atoms with Crippen LogP contribution in [-0.2, 0) is 20.6 Å². The minimum atomic E-state index is -1.04. The van der Waals surface area contributed by atoms with E-state index in [1.54, 1.807) is 26.0 Å². The minimum Gasteiger partial charge on any atom is -0.494 e. The van der Waals surface area contributed by atoms with E-state index in [2.05, 4.69) is 0 Å². The van der Waals surface area contributed by atoms with Gasteiger partial charge in [0.2, 0.25) is 0 Å². The van der Waals surface area contributed by atoms with Crippen LogP contribution < -0.4 is 4.74 Å². The molecule has 0 amide bonds. The lowest BCUT2D eigenvalue weighted by atomic mass is 9.96. The number of hydrogen-bond donors (Lipinski definition) is 2. The van der Waals surface area contributed by atoms with Gasteiger partial charge in [0.25, 0.3) is 0 Å². The highest BCUT2D eigenvalue weighted by Crippen LogP contribution is 2.41. The number of hydrogen-bond acceptors (Lipinski definition) is 6. The zero-order valence-electron chi connectivity index (χ0n) is 17.2. The van der Waals surface area contributed by atoms with E-state index in [9.17, 15) is 10.2 Å². The number of aliphatic hydroxyl groups excluding tert-OH is 2. The van der Waals surface area contributed by atoms with Crippen LogP contribution in [0.3, 0.4) is 0 Å². The molecule has 2 aromatic rings. The highest BCUT2D eigenvalue weighted by Gasteiger charge is 2.56. The number of ether oxygens (including phenoxy) is 4. The Labute approximate surface area is 181 Å². The fraction of sp³-hybridized carbons (Fsp3) is 0.478. The Balaban J connectivity index is 1.49. The van der Waals surface area contributed by atoms with Crippen LogP contribution in [0.1, 0.15) is 43.6 Å². The van der Waals surface area contributed by atoms with Crippen LogP contribution in [0.25, 0.3) is 0 Å². The molecule has 5 atom stereocenters. The summed E-state index contributed by atoms with van der Waals surface area (Å²) >= 11 is 6.40. The van der Waals surface area contributed by atoms with E-state index >= 15 is 0 Å². The number of rotatable bonds is 6. The van der Waals surface area contributed by atoms with Gasteiger partial charge in [0, 0.05) is 5.02 Å². The van der Waals surface area contributed by atoms with Gasteiger partial charge in [-0.05, 0) is 62.1 Å². The molecule has 7 heteroatoms. The Morgan fingerprint density at radius 3 is 2.53 bits per heavy atom. The SMILES string of the molecule is CCOc1ccc(Cc2cc([C@H](O)[C@@H]3O[C@H]4OC(C)(C)O[C@H]4[C@@H]3O)ccc2Cl)cc1. The maximum atomic E-state index is 10.9. The summed E-state index contributed by atoms with van der Waals surface area (Å²) in [4.78, 5) is 0. The van der Waals surface area contributed by atoms with Gasteiger partial charge in [0.05, 0.1) is 6.61 Å². The molecular formula is C23H27ClO6. The Kier molecular flexibility index (Phi) is 6.08. The lowest BCUT2D eigenvalue weighted by Crippen LogP contribution is -2.37. The highest BCUT2D eigenvalue weighted by molar-refractivity contribution is 6.31. The van der Waals surface area contributed by atoms with E-state index in [4.69, 9.17) is 30.5 Å². The molecule has 0 spiro atoms. The van der Waals surface area contributed by atoms with Crippen molar-refractivity contribution in [1.29, 1.82) is 0 Å². The summed E-state index contributed by atoms with van der Waals surface area (Å²) in [6, 6.07) is 13.2. The second kappa shape index (κ2) is 8.46. The maximum Gasteiger partial charge on any atom is 0.190 e. The van der Waals surface area contributed by atoms with Crippen molar-refractivity contribution in [3.05, 3.63) is 64.2 Å². The average molecular weight is 435 g/mol. The molecule has 162 valence electrons. The molecule has 0 radical (unpaired) electrons. The predicted octanol–water partition coefficient (Wildman–Crippen LogP) is 3.60. The summed E-state index contributed by atoms with van der Waals surface area (Å²) in [6.45, 7) is 6.09. The highest BCUT2D eigenvalue weighted by atomic mass is 35.5. The quantitative estimate of drug-likeness (QED) is 0.723. The maximum absolute atomic E-state index is 10.9. The second-order valence-electron chi connectivity index (χ2n) is 8.11. The molecule has 2 fully saturated rings. The standard InChI is InChI=1S/C23H27ClO6/c1-4-27-16-8-5-13(6-9-16)11-15-12-14(7-10-17(15)24)18(25)20-19(26)21-22(28-20)30-23(2,3)29-21/h5-10,12,18-22,25-26H,4,11H2,1-3H3/t18-,19+,20-,21-,22-/m0/s1. The number of fused-ring (bicyclic) bond motifs is 1. The van der Waals surface area contributed by atoms with Crippen LogP contribution in [-0.4, -0.2) is 47.2 Å². The summed E-state index contributed by atoms with van der Waals surface area (Å²) in [5.74, 6) is -0.000683. The Morgan fingerprint density at radius 2 is 1.87 bits per heavy atom. The summed E-state index contributed by atoms with van der Waals surface area (Å²) in [6.07, 6.45) is -3.63. The van der Waals surface area contributed by atoms with Crippen molar-refractivity contribution in [3.63, 3.8) is 0 Å². The van der Waals surface area contributed by atoms with Crippen LogP contribution in [0, 0.1) is 0 Å². The molecule has 4 rings (SSSR count). The van der Waals surface area contributed by atoms with Crippen molar-refractivity contribution in [1.82, 2.24) is 0 Å². The first-order valence-electron chi connectivity index (χ1n) is 10.1. The molecule has 0 aliphatic carbocycles. The number of benzene rings is 2. The fourth-order valence-corrected chi connectivity index (χ4v) is 4.16. The molecule has 2 aliphatic rings. The van der Waals surface area contributed by atoms with Crippen LogP contribution in [0.4, 0.5) is 0 Å². The summed E-state index contributed by atoms with van der Waals surface area (Å²) in [5.41, 5.74) is 2.56. The molecule has 2 N–H and O–H groups in total. The summed E-state index contributed by atoms with van der Waals surface area (Å²) in [5, 5.41) is 22.1. The van der Waals surface area contributed by atoms with E-state index < -0.39 is 36.5 Å². The third kappa shape index (κ3) is 4.35. The first-order valence-corrected chi connectivity index (χ1v) is 10.5. The van der Waals surface area contributed by atoms with Gasteiger partial charge in [0.1, 0.15) is 30.2 Å². The van der Waals surface area contributed by atoms with Crippen molar-refractivity contribution >= 4 is 11.6 Å². The second-order valence-corrected chi connectivity index (χ2v) is 8.52. The Morgan fingerprint density at radius 1 is 1.13 bits per heavy atom. The molecule has 0 saturated carbocycles. The van der Waals surface area contributed by atoms with Gasteiger partial charge < -0.3 is 29.2 Å².